The molecular formula is C36H43F2N5. The summed E-state index contributed by atoms with van der Waals surface area (Å²) in [6, 6.07) is 6.02. The van der Waals surface area contributed by atoms with Crippen LogP contribution < -0.4 is 10.6 Å². The first-order valence-corrected chi connectivity index (χ1v) is 14.6. The van der Waals surface area contributed by atoms with Crippen molar-refractivity contribution in [1.29, 1.82) is 0 Å². The van der Waals surface area contributed by atoms with Gasteiger partial charge >= 0.3 is 0 Å². The van der Waals surface area contributed by atoms with E-state index in [4.69, 9.17) is 0 Å². The number of rotatable bonds is 10. The third-order valence-corrected chi connectivity index (χ3v) is 7.20. The number of hydrogen-bond acceptors (Lipinski definition) is 3. The van der Waals surface area contributed by atoms with Gasteiger partial charge in [0.2, 0.25) is 0 Å². The third kappa shape index (κ3) is 8.14. The van der Waals surface area contributed by atoms with E-state index in [9.17, 15) is 8.78 Å². The molecular weight excluding hydrogens is 540 g/mol. The molecule has 0 spiro atoms. The molecule has 1 aliphatic heterocycles. The van der Waals surface area contributed by atoms with Crippen LogP contribution in [0.3, 0.4) is 0 Å². The molecule has 226 valence electrons. The fourth-order valence-corrected chi connectivity index (χ4v) is 5.07. The van der Waals surface area contributed by atoms with E-state index in [0.717, 1.165) is 61.1 Å². The van der Waals surface area contributed by atoms with Crippen LogP contribution in [0, 0.1) is 6.92 Å². The van der Waals surface area contributed by atoms with Crippen LogP contribution in [0.1, 0.15) is 50.9 Å². The largest absolute Gasteiger partial charge is 0.357 e. The number of likely N-dealkylation sites (tertiary alicyclic amines) is 1. The fourth-order valence-electron chi connectivity index (χ4n) is 5.07. The van der Waals surface area contributed by atoms with Gasteiger partial charge in [-0.05, 0) is 61.3 Å². The van der Waals surface area contributed by atoms with E-state index in [-0.39, 0.29) is 13.0 Å². The van der Waals surface area contributed by atoms with Crippen LogP contribution in [0.5, 0.6) is 0 Å². The molecule has 0 radical (unpaired) electrons. The summed E-state index contributed by atoms with van der Waals surface area (Å²) in [6.07, 6.45) is 16.9. The van der Waals surface area contributed by atoms with Crippen molar-refractivity contribution in [2.45, 2.75) is 47.0 Å². The number of nitrogens with zero attached hydrogens (tertiary/aromatic N) is 3. The Morgan fingerprint density at radius 1 is 1.21 bits per heavy atom. The van der Waals surface area contributed by atoms with Crippen molar-refractivity contribution >= 4 is 17.7 Å². The van der Waals surface area contributed by atoms with Crippen LogP contribution in [0.15, 0.2) is 97.4 Å². The highest BCUT2D eigenvalue weighted by atomic mass is 19.3. The number of allylic oxidation sites excluding steroid dienone is 6. The molecule has 3 aromatic heterocycles. The zero-order valence-electron chi connectivity index (χ0n) is 26.0. The molecule has 3 aromatic rings. The summed E-state index contributed by atoms with van der Waals surface area (Å²) in [5, 5.41) is 9.55. The Balaban J connectivity index is 0.00000248. The molecule has 0 bridgehead atoms. The number of pyridine rings is 1. The number of halogens is 2. The molecule has 1 saturated heterocycles. The summed E-state index contributed by atoms with van der Waals surface area (Å²) < 4.78 is 27.4. The highest BCUT2D eigenvalue weighted by Crippen LogP contribution is 2.30. The van der Waals surface area contributed by atoms with Gasteiger partial charge in [-0.1, -0.05) is 76.1 Å². The number of alkyl halides is 2. The van der Waals surface area contributed by atoms with Crippen LogP contribution in [-0.4, -0.2) is 50.6 Å². The highest BCUT2D eigenvalue weighted by Gasteiger charge is 2.37. The van der Waals surface area contributed by atoms with E-state index in [1.165, 1.54) is 0 Å². The Labute approximate surface area is 254 Å². The first-order valence-electron chi connectivity index (χ1n) is 14.6. The summed E-state index contributed by atoms with van der Waals surface area (Å²) in [4.78, 5) is 9.55. The van der Waals surface area contributed by atoms with Crippen molar-refractivity contribution in [1.82, 2.24) is 25.1 Å². The van der Waals surface area contributed by atoms with Gasteiger partial charge in [0, 0.05) is 53.9 Å². The SMILES string of the molecule is C=C/C=C(/c1cccnc1)c1cc(-c2n[nH]c(=C/C)/c2=C\C(=C)C(/C=C(\C=C)CN2CCC(F)(F)C2)=C/C)[nH]c1C.CC. The molecule has 4 rings (SSSR count). The van der Waals surface area contributed by atoms with Crippen molar-refractivity contribution in [3.63, 3.8) is 0 Å². The second-order valence-electron chi connectivity index (χ2n) is 10.1. The minimum absolute atomic E-state index is 0.110. The van der Waals surface area contributed by atoms with Crippen molar-refractivity contribution in [3.05, 3.63) is 125 Å². The van der Waals surface area contributed by atoms with E-state index in [1.54, 1.807) is 23.2 Å². The predicted molar refractivity (Wildman–Crippen MR) is 177 cm³/mol. The average molecular weight is 584 g/mol. The van der Waals surface area contributed by atoms with Gasteiger partial charge in [0.15, 0.2) is 0 Å². The molecule has 43 heavy (non-hydrogen) atoms. The maximum Gasteiger partial charge on any atom is 0.261 e. The Bertz CT molecular complexity index is 1650. The number of H-pyrrole nitrogens is 2. The van der Waals surface area contributed by atoms with Gasteiger partial charge in [0.05, 0.1) is 17.6 Å². The molecule has 0 aliphatic carbocycles. The molecule has 0 aromatic carbocycles. The molecule has 2 N–H and O–H groups in total. The molecule has 0 unspecified atom stereocenters. The Hall–Kier alpha value is -4.36. The zero-order valence-corrected chi connectivity index (χ0v) is 26.0. The van der Waals surface area contributed by atoms with E-state index < -0.39 is 5.92 Å². The molecule has 4 heterocycles. The van der Waals surface area contributed by atoms with Crippen molar-refractivity contribution in [3.8, 4) is 11.4 Å². The Morgan fingerprint density at radius 3 is 2.56 bits per heavy atom. The van der Waals surface area contributed by atoms with Crippen molar-refractivity contribution < 1.29 is 8.78 Å². The van der Waals surface area contributed by atoms with Gasteiger partial charge < -0.3 is 4.98 Å². The summed E-state index contributed by atoms with van der Waals surface area (Å²) in [6.45, 7) is 22.6. The lowest BCUT2D eigenvalue weighted by molar-refractivity contribution is 0.0131. The van der Waals surface area contributed by atoms with Crippen molar-refractivity contribution in [2.24, 2.45) is 0 Å². The van der Waals surface area contributed by atoms with Crippen LogP contribution >= 0.6 is 0 Å². The highest BCUT2D eigenvalue weighted by molar-refractivity contribution is 5.84. The van der Waals surface area contributed by atoms with Crippen LogP contribution in [0.25, 0.3) is 29.1 Å². The molecule has 0 saturated carbocycles. The number of aryl methyl sites for hydroxylation is 1. The zero-order chi connectivity index (χ0) is 31.6. The van der Waals surface area contributed by atoms with E-state index in [0.29, 0.717) is 13.1 Å². The van der Waals surface area contributed by atoms with Crippen LogP contribution in [0.4, 0.5) is 8.78 Å². The minimum atomic E-state index is -2.63. The van der Waals surface area contributed by atoms with E-state index >= 15 is 0 Å². The quantitative estimate of drug-likeness (QED) is 0.247. The van der Waals surface area contributed by atoms with E-state index in [1.807, 2.05) is 83.3 Å². The van der Waals surface area contributed by atoms with Crippen LogP contribution in [-0.2, 0) is 0 Å². The number of aromatic nitrogens is 4. The van der Waals surface area contributed by atoms with Gasteiger partial charge in [-0.2, -0.15) is 5.10 Å². The van der Waals surface area contributed by atoms with Crippen LogP contribution in [0.2, 0.25) is 0 Å². The number of hydrogen-bond donors (Lipinski definition) is 2. The second kappa shape index (κ2) is 15.2. The third-order valence-electron chi connectivity index (χ3n) is 7.20. The van der Waals surface area contributed by atoms with Crippen molar-refractivity contribution in [2.75, 3.05) is 19.6 Å². The summed E-state index contributed by atoms with van der Waals surface area (Å²) in [5.74, 6) is -2.63. The summed E-state index contributed by atoms with van der Waals surface area (Å²) in [7, 11) is 0. The normalized spacial score (nSPS) is 16.7. The molecule has 0 amide bonds. The summed E-state index contributed by atoms with van der Waals surface area (Å²) >= 11 is 0. The van der Waals surface area contributed by atoms with Gasteiger partial charge in [-0.15, -0.1) is 0 Å². The second-order valence-corrected chi connectivity index (χ2v) is 10.1. The maximum atomic E-state index is 13.7. The Kier molecular flexibility index (Phi) is 11.7. The summed E-state index contributed by atoms with van der Waals surface area (Å²) in [5.41, 5.74) is 8.17. The lowest BCUT2D eigenvalue weighted by Crippen LogP contribution is -2.26. The monoisotopic (exact) mass is 583 g/mol. The molecule has 7 heteroatoms. The maximum absolute atomic E-state index is 13.7. The van der Waals surface area contributed by atoms with Gasteiger partial charge in [0.1, 0.15) is 5.69 Å². The first kappa shape index (κ1) is 33.1. The smallest absolute Gasteiger partial charge is 0.261 e. The Morgan fingerprint density at radius 2 is 1.98 bits per heavy atom. The first-order chi connectivity index (χ1) is 20.7. The van der Waals surface area contributed by atoms with Gasteiger partial charge in [-0.25, -0.2) is 8.78 Å². The molecule has 5 nitrogen and oxygen atoms in total. The molecule has 1 aliphatic rings. The number of nitrogens with one attached hydrogen (secondary N) is 2. The number of aromatic amines is 2. The standard InChI is InChI=1S/C34H37F2N5.C2H6/c1-7-12-28(27-13-11-15-37-20-27)29-19-32(38-24(29)6)33-30(31(10-4)39-40-33)17-23(5)26(9-3)18-25(8-2)21-41-16-14-34(35,36)22-41;1-2/h7-13,15,17-20,38-39H,1-2,5,14,16,21-22H2,3-4,6H3;1-2H3/b25-18+,26-9+,28-12-,30-17+,31-10+;. The van der Waals surface area contributed by atoms with Gasteiger partial charge in [-0.3, -0.25) is 15.0 Å². The molecule has 1 fully saturated rings. The topological polar surface area (TPSA) is 60.6 Å². The lowest BCUT2D eigenvalue weighted by atomic mass is 9.98. The molecule has 0 atom stereocenters. The average Bonchev–Trinajstić information content (AvgIpc) is 3.70. The lowest BCUT2D eigenvalue weighted by Gasteiger charge is -2.16. The fraction of sp³-hybridized carbons (Fsp3) is 0.278. The van der Waals surface area contributed by atoms with E-state index in [2.05, 4.69) is 46.0 Å². The minimum Gasteiger partial charge on any atom is -0.357 e. The van der Waals surface area contributed by atoms with Gasteiger partial charge in [0.25, 0.3) is 5.92 Å². The predicted octanol–water partition coefficient (Wildman–Crippen LogP) is 7.29.